The summed E-state index contributed by atoms with van der Waals surface area (Å²) >= 11 is 0. The molecule has 3 aromatic rings. The first-order valence-corrected chi connectivity index (χ1v) is 19.8. The third kappa shape index (κ3) is 14.5. The zero-order chi connectivity index (χ0) is 44.3. The quantitative estimate of drug-likeness (QED) is 0.155. The van der Waals surface area contributed by atoms with Crippen LogP contribution in [0, 0.1) is 36.0 Å². The Kier molecular flexibility index (Phi) is 28.7. The average molecular weight is 1410 g/mol. The van der Waals surface area contributed by atoms with Crippen LogP contribution in [-0.2, 0) is 113 Å². The number of rotatable bonds is 13. The number of nitrogens with zero attached hydrogens (tertiary/aromatic N) is 2. The molecule has 0 bridgehead atoms. The maximum absolute atomic E-state index is 12.3. The molecular weight excluding hydrogens is 1340 g/mol. The summed E-state index contributed by atoms with van der Waals surface area (Å²) < 4.78 is 51.6. The molecule has 0 radical (unpaired) electrons. The van der Waals surface area contributed by atoms with Crippen molar-refractivity contribution in [3.63, 3.8) is 0 Å². The van der Waals surface area contributed by atoms with Crippen LogP contribution in [0.1, 0.15) is 63.2 Å². The second kappa shape index (κ2) is 29.7. The van der Waals surface area contributed by atoms with Gasteiger partial charge in [-0.2, -0.15) is 6.07 Å². The van der Waals surface area contributed by atoms with Gasteiger partial charge in [0.2, 0.25) is 0 Å². The first kappa shape index (κ1) is 62.0. The fraction of sp³-hybridized carbons (Fsp3) is 0.651. The van der Waals surface area contributed by atoms with E-state index in [1.165, 1.54) is 4.57 Å². The molecule has 6 heterocycles. The predicted molar refractivity (Wildman–Crippen MR) is 231 cm³/mol. The number of anilines is 3. The van der Waals surface area contributed by atoms with E-state index < -0.39 is 0 Å². The van der Waals surface area contributed by atoms with Crippen molar-refractivity contribution >= 4 is 17.5 Å². The van der Waals surface area contributed by atoms with Gasteiger partial charge in [-0.25, -0.2) is 30.3 Å². The van der Waals surface area contributed by atoms with E-state index in [9.17, 15) is 9.59 Å². The van der Waals surface area contributed by atoms with Gasteiger partial charge in [-0.15, -0.1) is 16.7 Å². The van der Waals surface area contributed by atoms with Gasteiger partial charge in [0, 0.05) is 168 Å². The molecule has 12 atom stereocenters. The number of hydrogen-bond donors (Lipinski definition) is 5. The molecule has 3 fully saturated rings. The van der Waals surface area contributed by atoms with E-state index in [4.69, 9.17) is 54.1 Å². The topological polar surface area (TPSA) is 230 Å². The zero-order valence-electron chi connectivity index (χ0n) is 38.0. The van der Waals surface area contributed by atoms with Gasteiger partial charge in [0.15, 0.2) is 11.1 Å². The molecule has 3 unspecified atom stereocenters. The molecule has 362 valence electrons. The van der Waals surface area contributed by atoms with E-state index in [0.29, 0.717) is 48.3 Å². The largest absolute Gasteiger partial charge is 0.401 e. The maximum atomic E-state index is 12.3. The normalized spacial score (nSPS) is 28.2. The van der Waals surface area contributed by atoms with Crippen molar-refractivity contribution in [2.24, 2.45) is 29.8 Å². The molecule has 0 spiro atoms. The van der Waals surface area contributed by atoms with Crippen molar-refractivity contribution in [1.82, 2.24) is 14.5 Å². The van der Waals surface area contributed by atoms with Gasteiger partial charge in [0.1, 0.15) is 18.3 Å². The fourth-order valence-corrected chi connectivity index (χ4v) is 8.31. The molecule has 7 N–H and O–H groups in total. The summed E-state index contributed by atoms with van der Waals surface area (Å²) in [7, 11) is 15.0. The minimum absolute atomic E-state index is 0. The van der Waals surface area contributed by atoms with Crippen molar-refractivity contribution in [3.8, 4) is 0 Å². The Hall–Kier alpha value is -2.05. The van der Waals surface area contributed by atoms with Gasteiger partial charge in [-0.1, -0.05) is 28.2 Å². The van der Waals surface area contributed by atoms with Crippen LogP contribution in [0.3, 0.4) is 0 Å². The standard InChI is InChI=1S/C14H22N3O3.2C14H21N2O4.CH4.3W/c1-8-12(20-10(7-18-3)13(8)19-4)9-5-6-11(15)17-14(9)16-2;1-8-12(20-10(7-18-3)13(8)19-4)9-5-6-11(15)16(2)14(9)17;1-8-12(20-10(7-18-3)13(8)19-4)9-5-6-11(17)16-14(9)15-2;;;;/h5,8,10,12-13H,7H2,1-4H3,(H3,15,16,17);5,8,10,12-13H,7,15H2,1-4H3;5,8,10,12-13H,7H2,1-4H3,(H2,15,16,17);1H4;;;/q3*-1;;;;/t3*8?,10-,12-,13-;;;;/m111..../s1. The molecule has 18 nitrogen and oxygen atoms in total. The van der Waals surface area contributed by atoms with Gasteiger partial charge in [0.05, 0.1) is 38.1 Å². The van der Waals surface area contributed by atoms with Crippen LogP contribution < -0.4 is 33.4 Å². The van der Waals surface area contributed by atoms with Gasteiger partial charge in [-0.05, 0) is 17.8 Å². The molecule has 0 saturated carbocycles. The number of H-pyrrole nitrogens is 2. The smallest absolute Gasteiger partial charge is 0.174 e. The van der Waals surface area contributed by atoms with Crippen LogP contribution >= 0.6 is 0 Å². The maximum Gasteiger partial charge on any atom is 0.174 e. The van der Waals surface area contributed by atoms with E-state index in [-0.39, 0.29) is 154 Å². The second-order valence-electron chi connectivity index (χ2n) is 15.0. The fourth-order valence-electron chi connectivity index (χ4n) is 8.31. The van der Waals surface area contributed by atoms with E-state index in [1.54, 1.807) is 75.9 Å². The number of ether oxygens (including phenoxy) is 9. The summed E-state index contributed by atoms with van der Waals surface area (Å²) in [6, 6.07) is 13.6. The molecule has 0 amide bonds. The summed E-state index contributed by atoms with van der Waals surface area (Å²) in [5.41, 5.74) is 14.0. The Morgan fingerprint density at radius 3 is 1.50 bits per heavy atom. The van der Waals surface area contributed by atoms with E-state index in [1.807, 2.05) is 13.0 Å². The molecule has 64 heavy (non-hydrogen) atoms. The van der Waals surface area contributed by atoms with Crippen molar-refractivity contribution in [2.45, 2.75) is 83.1 Å². The van der Waals surface area contributed by atoms with Crippen molar-refractivity contribution < 1.29 is 106 Å². The molecule has 3 aromatic heterocycles. The number of pyridine rings is 3. The Morgan fingerprint density at radius 2 is 1.09 bits per heavy atom. The van der Waals surface area contributed by atoms with Crippen LogP contribution in [0.2, 0.25) is 0 Å². The van der Waals surface area contributed by atoms with Gasteiger partial charge < -0.3 is 74.0 Å². The summed E-state index contributed by atoms with van der Waals surface area (Å²) in [4.78, 5) is 33.6. The van der Waals surface area contributed by atoms with E-state index in [2.05, 4.69) is 52.3 Å². The van der Waals surface area contributed by atoms with Crippen LogP contribution in [0.5, 0.6) is 0 Å². The van der Waals surface area contributed by atoms with Gasteiger partial charge >= 0.3 is 0 Å². The minimum atomic E-state index is -0.337. The summed E-state index contributed by atoms with van der Waals surface area (Å²) in [5.74, 6) is 1.79. The first-order valence-electron chi connectivity index (χ1n) is 19.8. The van der Waals surface area contributed by atoms with Crippen LogP contribution in [0.4, 0.5) is 17.5 Å². The van der Waals surface area contributed by atoms with Gasteiger partial charge in [-0.3, -0.25) is 14.6 Å². The number of aromatic nitrogens is 3. The summed E-state index contributed by atoms with van der Waals surface area (Å²) in [5, 5.41) is 2.99. The summed E-state index contributed by atoms with van der Waals surface area (Å²) in [6.45, 7) is 7.58. The zero-order valence-corrected chi connectivity index (χ0v) is 46.8. The van der Waals surface area contributed by atoms with E-state index >= 15 is 0 Å². The first-order chi connectivity index (χ1) is 28.7. The number of nitrogens with two attached hydrogens (primary N) is 2. The van der Waals surface area contributed by atoms with Crippen molar-refractivity contribution in [1.29, 1.82) is 0 Å². The number of hydrogen-bond acceptors (Lipinski definition) is 15. The average Bonchev–Trinajstić information content (AvgIpc) is 3.85. The van der Waals surface area contributed by atoms with Crippen molar-refractivity contribution in [2.75, 3.05) is 93.4 Å². The molecule has 21 heteroatoms. The molecular formula is C43H68N7O11W3-3. The third-order valence-electron chi connectivity index (χ3n) is 11.3. The Labute approximate surface area is 420 Å². The predicted octanol–water partition coefficient (Wildman–Crippen LogP) is 2.75. The number of nitrogen functional groups attached to an aromatic ring is 2. The molecule has 3 aliphatic rings. The molecule has 0 aromatic carbocycles. The van der Waals surface area contributed by atoms with Crippen LogP contribution in [-0.4, -0.2) is 128 Å². The third-order valence-corrected chi connectivity index (χ3v) is 11.3. The molecule has 3 aliphatic heterocycles. The molecule has 3 saturated heterocycles. The molecule has 0 aliphatic carbocycles. The Balaban J connectivity index is 0.000000902. The monoisotopic (exact) mass is 1410 g/mol. The van der Waals surface area contributed by atoms with Gasteiger partial charge in [0.25, 0.3) is 0 Å². The summed E-state index contributed by atoms with van der Waals surface area (Å²) in [6.07, 6.45) is -1.19. The second-order valence-corrected chi connectivity index (χ2v) is 15.0. The molecule has 6 rings (SSSR count). The number of methoxy groups -OCH3 is 6. The van der Waals surface area contributed by atoms with Crippen molar-refractivity contribution in [3.05, 3.63) is 79.3 Å². The van der Waals surface area contributed by atoms with E-state index in [0.717, 1.165) is 11.1 Å². The SMILES string of the molecule is C.CN=c1[nH]c(N)[c-]cc1[C@@H]1O[C@H](COC)[C@H](OC)C1C.CNc1[nH]c(=O)[c-]cc1[C@@H]1O[C@H](COC)[C@H](OC)C1C.COC[C@H]1O[C@@H](c2c[c-]c(N)n(C)c2=O)C(C)[C@H]1OC.[W].[W].[W]. The van der Waals surface area contributed by atoms with Crippen LogP contribution in [0.25, 0.3) is 0 Å². The Morgan fingerprint density at radius 1 is 0.688 bits per heavy atom. The number of aromatic amines is 2. The number of nitrogens with one attached hydrogen (secondary N) is 3. The minimum Gasteiger partial charge on any atom is -0.401 e. The Bertz CT molecular complexity index is 2010. The van der Waals surface area contributed by atoms with Crippen LogP contribution in [0.15, 0.2) is 32.8 Å².